The van der Waals surface area contributed by atoms with E-state index in [9.17, 15) is 27.2 Å². The first kappa shape index (κ1) is 19.7. The molecule has 0 spiro atoms. The average molecular weight is 348 g/mol. The zero-order valence-electron chi connectivity index (χ0n) is 13.1. The number of alkyl halides is 3. The van der Waals surface area contributed by atoms with Gasteiger partial charge < -0.3 is 9.47 Å². The monoisotopic (exact) mass is 348 g/mol. The van der Waals surface area contributed by atoms with E-state index in [-0.39, 0.29) is 13.0 Å². The van der Waals surface area contributed by atoms with Crippen LogP contribution >= 0.6 is 0 Å². The number of carbonyl (C=O) groups excluding carboxylic acids is 2. The minimum absolute atomic E-state index is 0.0540. The van der Waals surface area contributed by atoms with Crippen molar-refractivity contribution in [3.8, 4) is 5.75 Å². The Kier molecular flexibility index (Phi) is 6.94. The maximum Gasteiger partial charge on any atom is 0.419 e. The van der Waals surface area contributed by atoms with Crippen molar-refractivity contribution in [2.45, 2.75) is 32.9 Å². The van der Waals surface area contributed by atoms with Gasteiger partial charge in [0, 0.05) is 0 Å². The highest BCUT2D eigenvalue weighted by Gasteiger charge is 2.35. The number of halogens is 4. The van der Waals surface area contributed by atoms with Gasteiger partial charge in [-0.3, -0.25) is 9.59 Å². The van der Waals surface area contributed by atoms with Crippen LogP contribution in [0.5, 0.6) is 5.75 Å². The second kappa shape index (κ2) is 8.47. The number of hydrogen-bond acceptors (Lipinski definition) is 4. The fraction of sp³-hybridized carbons (Fsp3) is 0.375. The molecule has 24 heavy (non-hydrogen) atoms. The molecule has 0 aromatic heterocycles. The van der Waals surface area contributed by atoms with Gasteiger partial charge in [-0.15, -0.1) is 0 Å². The van der Waals surface area contributed by atoms with Gasteiger partial charge in [-0.2, -0.15) is 13.2 Å². The van der Waals surface area contributed by atoms with Crippen LogP contribution in [-0.2, 0) is 20.5 Å². The molecule has 8 heteroatoms. The first-order valence-electron chi connectivity index (χ1n) is 6.96. The van der Waals surface area contributed by atoms with Crippen molar-refractivity contribution in [2.24, 2.45) is 0 Å². The Hall–Kier alpha value is -2.38. The van der Waals surface area contributed by atoms with E-state index >= 15 is 0 Å². The van der Waals surface area contributed by atoms with Crippen molar-refractivity contribution in [2.75, 3.05) is 6.61 Å². The fourth-order valence-corrected chi connectivity index (χ4v) is 1.56. The van der Waals surface area contributed by atoms with Crippen molar-refractivity contribution in [1.82, 2.24) is 0 Å². The van der Waals surface area contributed by atoms with E-state index in [0.717, 1.165) is 17.7 Å². The molecule has 0 aliphatic carbocycles. The van der Waals surface area contributed by atoms with E-state index in [0.29, 0.717) is 6.07 Å². The number of hydrogen-bond donors (Lipinski definition) is 0. The third-order valence-electron chi connectivity index (χ3n) is 2.76. The number of benzene rings is 1. The Morgan fingerprint density at radius 2 is 1.75 bits per heavy atom. The number of carbonyl (C=O) groups is 2. The number of esters is 2. The standard InChI is InChI=1S/C16H16F4O4/c1-10(2)8-9-23-13(21)6-7-14(22)24-12-5-3-4-11(15(12)17)16(18,19)20/h3-5,8H,6-7,9H2,1-2H3. The van der Waals surface area contributed by atoms with Gasteiger partial charge in [-0.05, 0) is 32.1 Å². The van der Waals surface area contributed by atoms with Crippen LogP contribution in [0.25, 0.3) is 0 Å². The molecule has 0 saturated carbocycles. The van der Waals surface area contributed by atoms with Crippen LogP contribution in [0.2, 0.25) is 0 Å². The number of rotatable bonds is 6. The first-order chi connectivity index (χ1) is 11.1. The first-order valence-corrected chi connectivity index (χ1v) is 6.96. The van der Waals surface area contributed by atoms with Crippen LogP contribution < -0.4 is 4.74 Å². The normalized spacial score (nSPS) is 10.9. The van der Waals surface area contributed by atoms with Crippen LogP contribution in [0.4, 0.5) is 17.6 Å². The third kappa shape index (κ3) is 6.39. The maximum absolute atomic E-state index is 13.7. The Morgan fingerprint density at radius 3 is 2.33 bits per heavy atom. The highest BCUT2D eigenvalue weighted by molar-refractivity contribution is 5.79. The summed E-state index contributed by atoms with van der Waals surface area (Å²) in [5, 5.41) is 0. The molecule has 0 radical (unpaired) electrons. The molecule has 0 fully saturated rings. The molecule has 1 aromatic carbocycles. The van der Waals surface area contributed by atoms with Gasteiger partial charge >= 0.3 is 18.1 Å². The number of ether oxygens (including phenoxy) is 2. The van der Waals surface area contributed by atoms with E-state index in [1.54, 1.807) is 6.08 Å². The van der Waals surface area contributed by atoms with Gasteiger partial charge in [0.25, 0.3) is 0 Å². The van der Waals surface area contributed by atoms with Crippen molar-refractivity contribution >= 4 is 11.9 Å². The largest absolute Gasteiger partial charge is 0.461 e. The third-order valence-corrected chi connectivity index (χ3v) is 2.76. The van der Waals surface area contributed by atoms with Crippen molar-refractivity contribution < 1.29 is 36.6 Å². The lowest BCUT2D eigenvalue weighted by Crippen LogP contribution is -2.15. The summed E-state index contributed by atoms with van der Waals surface area (Å²) in [6.45, 7) is 3.68. The molecule has 0 amide bonds. The predicted octanol–water partition coefficient (Wildman–Crippen LogP) is 4.04. The molecular formula is C16H16F4O4. The molecular weight excluding hydrogens is 332 g/mol. The van der Waals surface area contributed by atoms with Crippen LogP contribution in [0.1, 0.15) is 32.3 Å². The molecule has 1 rings (SSSR count). The minimum Gasteiger partial charge on any atom is -0.461 e. The Balaban J connectivity index is 2.57. The molecule has 132 valence electrons. The summed E-state index contributed by atoms with van der Waals surface area (Å²) in [5.74, 6) is -4.22. The molecule has 1 aromatic rings. The Bertz CT molecular complexity index is 631. The van der Waals surface area contributed by atoms with Gasteiger partial charge in [-0.1, -0.05) is 11.6 Å². The summed E-state index contributed by atoms with van der Waals surface area (Å²) in [7, 11) is 0. The summed E-state index contributed by atoms with van der Waals surface area (Å²) in [6.07, 6.45) is -4.01. The average Bonchev–Trinajstić information content (AvgIpc) is 2.45. The molecule has 0 heterocycles. The Morgan fingerprint density at radius 1 is 1.12 bits per heavy atom. The van der Waals surface area contributed by atoms with Crippen LogP contribution in [0.3, 0.4) is 0 Å². The molecule has 0 aliphatic heterocycles. The van der Waals surface area contributed by atoms with Crippen molar-refractivity contribution in [3.63, 3.8) is 0 Å². The summed E-state index contributed by atoms with van der Waals surface area (Å²) in [5.41, 5.74) is -0.587. The maximum atomic E-state index is 13.7. The van der Waals surface area contributed by atoms with Gasteiger partial charge in [0.15, 0.2) is 11.6 Å². The molecule has 4 nitrogen and oxygen atoms in total. The lowest BCUT2D eigenvalue weighted by molar-refractivity contribution is -0.146. The molecule has 0 atom stereocenters. The molecule has 0 unspecified atom stereocenters. The van der Waals surface area contributed by atoms with Crippen molar-refractivity contribution in [1.29, 1.82) is 0 Å². The zero-order chi connectivity index (χ0) is 18.3. The SMILES string of the molecule is CC(C)=CCOC(=O)CCC(=O)Oc1cccc(C(F)(F)F)c1F. The second-order valence-electron chi connectivity index (χ2n) is 5.05. The minimum atomic E-state index is -4.90. The van der Waals surface area contributed by atoms with E-state index in [1.807, 2.05) is 13.8 Å². The predicted molar refractivity (Wildman–Crippen MR) is 76.7 cm³/mol. The highest BCUT2D eigenvalue weighted by atomic mass is 19.4. The zero-order valence-corrected chi connectivity index (χ0v) is 13.1. The van der Waals surface area contributed by atoms with E-state index in [2.05, 4.69) is 4.74 Å². The van der Waals surface area contributed by atoms with Gasteiger partial charge in [-0.25, -0.2) is 4.39 Å². The van der Waals surface area contributed by atoms with Crippen LogP contribution in [0, 0.1) is 5.82 Å². The summed E-state index contributed by atoms with van der Waals surface area (Å²) >= 11 is 0. The van der Waals surface area contributed by atoms with Crippen LogP contribution in [-0.4, -0.2) is 18.5 Å². The van der Waals surface area contributed by atoms with Crippen molar-refractivity contribution in [3.05, 3.63) is 41.2 Å². The quantitative estimate of drug-likeness (QED) is 0.337. The molecule has 0 aliphatic rings. The van der Waals surface area contributed by atoms with Gasteiger partial charge in [0.2, 0.25) is 0 Å². The topological polar surface area (TPSA) is 52.6 Å². The summed E-state index contributed by atoms with van der Waals surface area (Å²) in [6, 6.07) is 2.35. The Labute approximate surface area is 136 Å². The van der Waals surface area contributed by atoms with E-state index in [1.165, 1.54) is 0 Å². The summed E-state index contributed by atoms with van der Waals surface area (Å²) in [4.78, 5) is 22.9. The van der Waals surface area contributed by atoms with Gasteiger partial charge in [0.1, 0.15) is 6.61 Å². The lowest BCUT2D eigenvalue weighted by Gasteiger charge is -2.11. The molecule has 0 bridgehead atoms. The van der Waals surface area contributed by atoms with Gasteiger partial charge in [0.05, 0.1) is 18.4 Å². The molecule has 0 saturated heterocycles. The fourth-order valence-electron chi connectivity index (χ4n) is 1.56. The highest BCUT2D eigenvalue weighted by Crippen LogP contribution is 2.34. The lowest BCUT2D eigenvalue weighted by atomic mass is 10.2. The van der Waals surface area contributed by atoms with E-state index in [4.69, 9.17) is 4.74 Å². The molecule has 0 N–H and O–H groups in total. The summed E-state index contributed by atoms with van der Waals surface area (Å²) < 4.78 is 60.7. The number of allylic oxidation sites excluding steroid dienone is 1. The smallest absolute Gasteiger partial charge is 0.419 e. The van der Waals surface area contributed by atoms with Crippen LogP contribution in [0.15, 0.2) is 29.8 Å². The van der Waals surface area contributed by atoms with E-state index < -0.39 is 41.7 Å². The second-order valence-corrected chi connectivity index (χ2v) is 5.05.